The lowest BCUT2D eigenvalue weighted by Gasteiger charge is -2.20. The summed E-state index contributed by atoms with van der Waals surface area (Å²) >= 11 is 0. The van der Waals surface area contributed by atoms with Gasteiger partial charge in [0.1, 0.15) is 6.54 Å². The number of ketones is 1. The molecular formula is C16H20N2O3. The third-order valence-electron chi connectivity index (χ3n) is 3.84. The number of carbonyl (C=O) groups is 3. The Hall–Kier alpha value is -2.17. The molecule has 2 rings (SSSR count). The summed E-state index contributed by atoms with van der Waals surface area (Å²) in [6.45, 7) is 5.71. The maximum absolute atomic E-state index is 12.1. The Bertz CT molecular complexity index is 591. The van der Waals surface area contributed by atoms with Crippen molar-refractivity contribution in [2.24, 2.45) is 0 Å². The highest BCUT2D eigenvalue weighted by molar-refractivity contribution is 6.52. The Morgan fingerprint density at radius 1 is 1.24 bits per heavy atom. The molecule has 1 aromatic carbocycles. The van der Waals surface area contributed by atoms with Crippen LogP contribution in [0.3, 0.4) is 0 Å². The van der Waals surface area contributed by atoms with Crippen LogP contribution in [0.15, 0.2) is 18.2 Å². The Morgan fingerprint density at radius 3 is 2.52 bits per heavy atom. The minimum Gasteiger partial charge on any atom is -0.352 e. The van der Waals surface area contributed by atoms with E-state index in [-0.39, 0.29) is 18.5 Å². The monoisotopic (exact) mass is 288 g/mol. The lowest BCUT2D eigenvalue weighted by atomic mass is 10.1. The van der Waals surface area contributed by atoms with E-state index in [2.05, 4.69) is 5.32 Å². The highest BCUT2D eigenvalue weighted by Crippen LogP contribution is 2.31. The maximum atomic E-state index is 12.1. The SMILES string of the molecule is CCC(CC)NC(=O)CN1C(=O)C(=O)c2cccc(C)c21. The molecule has 0 aliphatic carbocycles. The predicted octanol–water partition coefficient (Wildman–Crippen LogP) is 1.83. The molecule has 2 amide bonds. The van der Waals surface area contributed by atoms with Crippen LogP contribution < -0.4 is 10.2 Å². The molecule has 21 heavy (non-hydrogen) atoms. The lowest BCUT2D eigenvalue weighted by Crippen LogP contribution is -2.43. The molecule has 1 aliphatic heterocycles. The van der Waals surface area contributed by atoms with E-state index in [4.69, 9.17) is 0 Å². The van der Waals surface area contributed by atoms with Gasteiger partial charge in [-0.15, -0.1) is 0 Å². The zero-order chi connectivity index (χ0) is 15.6. The number of hydrogen-bond donors (Lipinski definition) is 1. The number of nitrogens with one attached hydrogen (secondary N) is 1. The Balaban J connectivity index is 2.20. The average Bonchev–Trinajstić information content (AvgIpc) is 2.71. The minimum absolute atomic E-state index is 0.0993. The number of amides is 2. The topological polar surface area (TPSA) is 66.5 Å². The molecule has 1 heterocycles. The number of carbonyl (C=O) groups excluding carboxylic acids is 3. The Morgan fingerprint density at radius 2 is 1.90 bits per heavy atom. The first-order chi connectivity index (χ1) is 9.99. The van der Waals surface area contributed by atoms with Crippen molar-refractivity contribution in [2.45, 2.75) is 39.7 Å². The molecule has 1 N–H and O–H groups in total. The molecule has 5 heteroatoms. The van der Waals surface area contributed by atoms with Gasteiger partial charge in [0.25, 0.3) is 11.7 Å². The van der Waals surface area contributed by atoms with Gasteiger partial charge in [0.2, 0.25) is 5.91 Å². The van der Waals surface area contributed by atoms with E-state index < -0.39 is 11.7 Å². The number of hydrogen-bond acceptors (Lipinski definition) is 3. The quantitative estimate of drug-likeness (QED) is 0.841. The minimum atomic E-state index is -0.626. The van der Waals surface area contributed by atoms with E-state index >= 15 is 0 Å². The molecule has 0 radical (unpaired) electrons. The number of fused-ring (bicyclic) bond motifs is 1. The molecule has 0 atom stereocenters. The van der Waals surface area contributed by atoms with Crippen molar-refractivity contribution in [3.63, 3.8) is 0 Å². The van der Waals surface area contributed by atoms with E-state index in [1.54, 1.807) is 12.1 Å². The van der Waals surface area contributed by atoms with Crippen molar-refractivity contribution in [3.8, 4) is 0 Å². The summed E-state index contributed by atoms with van der Waals surface area (Å²) in [7, 11) is 0. The van der Waals surface area contributed by atoms with Gasteiger partial charge < -0.3 is 5.32 Å². The fourth-order valence-corrected chi connectivity index (χ4v) is 2.60. The molecule has 0 bridgehead atoms. The van der Waals surface area contributed by atoms with Crippen molar-refractivity contribution in [2.75, 3.05) is 11.4 Å². The number of anilines is 1. The Kier molecular flexibility index (Phi) is 4.40. The van der Waals surface area contributed by atoms with Crippen LogP contribution in [0, 0.1) is 6.92 Å². The van der Waals surface area contributed by atoms with Crippen molar-refractivity contribution < 1.29 is 14.4 Å². The van der Waals surface area contributed by atoms with Crippen LogP contribution in [0.5, 0.6) is 0 Å². The van der Waals surface area contributed by atoms with Crippen LogP contribution in [-0.2, 0) is 9.59 Å². The second-order valence-corrected chi connectivity index (χ2v) is 5.27. The van der Waals surface area contributed by atoms with Crippen LogP contribution in [0.25, 0.3) is 0 Å². The number of rotatable bonds is 5. The highest BCUT2D eigenvalue weighted by Gasteiger charge is 2.37. The molecule has 0 saturated carbocycles. The maximum Gasteiger partial charge on any atom is 0.299 e. The zero-order valence-electron chi connectivity index (χ0n) is 12.6. The number of nitrogens with zero attached hydrogens (tertiary/aromatic N) is 1. The van der Waals surface area contributed by atoms with Gasteiger partial charge in [0, 0.05) is 6.04 Å². The fourth-order valence-electron chi connectivity index (χ4n) is 2.60. The molecule has 0 fully saturated rings. The fraction of sp³-hybridized carbons (Fsp3) is 0.438. The molecule has 0 aromatic heterocycles. The first-order valence-electron chi connectivity index (χ1n) is 7.24. The summed E-state index contributed by atoms with van der Waals surface area (Å²) in [6, 6.07) is 5.30. The second-order valence-electron chi connectivity index (χ2n) is 5.27. The third kappa shape index (κ3) is 2.82. The molecule has 1 aliphatic rings. The predicted molar refractivity (Wildman–Crippen MR) is 80.4 cm³/mol. The molecule has 5 nitrogen and oxygen atoms in total. The molecule has 1 aromatic rings. The van der Waals surface area contributed by atoms with Crippen molar-refractivity contribution in [1.82, 2.24) is 5.32 Å². The first-order valence-corrected chi connectivity index (χ1v) is 7.24. The van der Waals surface area contributed by atoms with Gasteiger partial charge in [0.15, 0.2) is 0 Å². The van der Waals surface area contributed by atoms with Gasteiger partial charge in [0.05, 0.1) is 11.3 Å². The summed E-state index contributed by atoms with van der Waals surface area (Å²) in [6.07, 6.45) is 1.68. The number of aryl methyl sites for hydroxylation is 1. The number of benzene rings is 1. The van der Waals surface area contributed by atoms with Crippen LogP contribution in [0.2, 0.25) is 0 Å². The zero-order valence-corrected chi connectivity index (χ0v) is 12.6. The number of Topliss-reactive ketones (excluding diaryl/α,β-unsaturated/α-hetero) is 1. The summed E-state index contributed by atoms with van der Waals surface area (Å²) in [5.74, 6) is -1.40. The van der Waals surface area contributed by atoms with Crippen molar-refractivity contribution in [3.05, 3.63) is 29.3 Å². The van der Waals surface area contributed by atoms with Crippen LogP contribution >= 0.6 is 0 Å². The van der Waals surface area contributed by atoms with Gasteiger partial charge in [-0.25, -0.2) is 0 Å². The van der Waals surface area contributed by atoms with Crippen molar-refractivity contribution in [1.29, 1.82) is 0 Å². The van der Waals surface area contributed by atoms with Crippen molar-refractivity contribution >= 4 is 23.3 Å². The van der Waals surface area contributed by atoms with Gasteiger partial charge in [-0.2, -0.15) is 0 Å². The van der Waals surface area contributed by atoms with Gasteiger partial charge in [-0.1, -0.05) is 26.0 Å². The smallest absolute Gasteiger partial charge is 0.299 e. The van der Waals surface area contributed by atoms with E-state index in [9.17, 15) is 14.4 Å². The molecule has 112 valence electrons. The van der Waals surface area contributed by atoms with Crippen LogP contribution in [0.1, 0.15) is 42.6 Å². The summed E-state index contributed by atoms with van der Waals surface area (Å²) in [5, 5.41) is 2.88. The van der Waals surface area contributed by atoms with E-state index in [0.717, 1.165) is 18.4 Å². The molecule has 0 unspecified atom stereocenters. The number of para-hydroxylation sites is 1. The lowest BCUT2D eigenvalue weighted by molar-refractivity contribution is -0.122. The second kappa shape index (κ2) is 6.08. The summed E-state index contributed by atoms with van der Waals surface area (Å²) in [5.41, 5.74) is 1.77. The van der Waals surface area contributed by atoms with Crippen LogP contribution in [0.4, 0.5) is 5.69 Å². The molecular weight excluding hydrogens is 268 g/mol. The van der Waals surface area contributed by atoms with E-state index in [0.29, 0.717) is 11.3 Å². The summed E-state index contributed by atoms with van der Waals surface area (Å²) < 4.78 is 0. The third-order valence-corrected chi connectivity index (χ3v) is 3.84. The standard InChI is InChI=1S/C16H20N2O3/c1-4-11(5-2)17-13(19)9-18-14-10(3)7-6-8-12(14)15(20)16(18)21/h6-8,11H,4-5,9H2,1-3H3,(H,17,19). The molecule has 0 saturated heterocycles. The van der Waals surface area contributed by atoms with E-state index in [1.165, 1.54) is 4.90 Å². The largest absolute Gasteiger partial charge is 0.352 e. The Labute approximate surface area is 124 Å². The molecule has 0 spiro atoms. The van der Waals surface area contributed by atoms with Gasteiger partial charge in [-0.3, -0.25) is 19.3 Å². The summed E-state index contributed by atoms with van der Waals surface area (Å²) in [4.78, 5) is 37.4. The normalized spacial score (nSPS) is 13.8. The van der Waals surface area contributed by atoms with Gasteiger partial charge >= 0.3 is 0 Å². The van der Waals surface area contributed by atoms with Gasteiger partial charge in [-0.05, 0) is 31.4 Å². The highest BCUT2D eigenvalue weighted by atomic mass is 16.2. The average molecular weight is 288 g/mol. The first kappa shape index (κ1) is 15.2. The van der Waals surface area contributed by atoms with Crippen LogP contribution in [-0.4, -0.2) is 30.2 Å². The van der Waals surface area contributed by atoms with E-state index in [1.807, 2.05) is 26.8 Å².